The van der Waals surface area contributed by atoms with Crippen LogP contribution in [0.1, 0.15) is 48.9 Å². The molecule has 0 bridgehead atoms. The van der Waals surface area contributed by atoms with Gasteiger partial charge in [0.1, 0.15) is 11.5 Å². The number of hydrogen-bond donors (Lipinski definition) is 3. The lowest BCUT2D eigenvalue weighted by Gasteiger charge is -2.31. The SMILES string of the molecule is C#CC1(F)CN(C2CCCC2)c2nc(Nc3ccc(C(=O)NC4CCCNC4)cc3F)ncc2N(C)C1=O. The molecule has 1 saturated carbocycles. The first kappa shape index (κ1) is 25.9. The first-order valence-electron chi connectivity index (χ1n) is 13.0. The van der Waals surface area contributed by atoms with Crippen LogP contribution in [0.5, 0.6) is 0 Å². The number of rotatable bonds is 5. The number of nitrogens with zero attached hydrogens (tertiary/aromatic N) is 4. The lowest BCUT2D eigenvalue weighted by atomic mass is 10.0. The third-order valence-corrected chi connectivity index (χ3v) is 7.52. The number of carbonyl (C=O) groups is 2. The van der Waals surface area contributed by atoms with Crippen molar-refractivity contribution in [2.75, 3.05) is 41.8 Å². The molecule has 2 atom stereocenters. The number of nitrogens with one attached hydrogen (secondary N) is 3. The molecule has 1 aromatic heterocycles. The molecule has 0 radical (unpaired) electrons. The topological polar surface area (TPSA) is 102 Å². The van der Waals surface area contributed by atoms with Gasteiger partial charge in [0.05, 0.1) is 18.4 Å². The standard InChI is InChI=1S/C27H31F2N7O2/c1-3-27(29)16-36(19-8-4-5-9-19)23-22(35(2)25(27)38)15-31-26(34-23)33-21-11-10-17(13-20(21)28)24(37)32-18-7-6-12-30-14-18/h1,10-11,13,15,18-19,30H,4-9,12,14,16H2,2H3,(H,32,37)(H,31,33,34). The number of hydrogen-bond acceptors (Lipinski definition) is 7. The number of carbonyl (C=O) groups excluding carboxylic acids is 2. The highest BCUT2D eigenvalue weighted by atomic mass is 19.1. The van der Waals surface area contributed by atoms with Gasteiger partial charge in [-0.2, -0.15) is 4.98 Å². The molecule has 2 fully saturated rings. The Morgan fingerprint density at radius 2 is 2.05 bits per heavy atom. The average molecular weight is 524 g/mol. The van der Waals surface area contributed by atoms with Crippen LogP contribution in [-0.2, 0) is 4.79 Å². The summed E-state index contributed by atoms with van der Waals surface area (Å²) in [5.41, 5.74) is -1.90. The monoisotopic (exact) mass is 523 g/mol. The molecule has 38 heavy (non-hydrogen) atoms. The molecule has 2 unspecified atom stereocenters. The molecule has 2 aliphatic heterocycles. The van der Waals surface area contributed by atoms with E-state index in [4.69, 9.17) is 6.42 Å². The predicted molar refractivity (Wildman–Crippen MR) is 141 cm³/mol. The third kappa shape index (κ3) is 5.00. The fraction of sp³-hybridized carbons (Fsp3) is 0.481. The van der Waals surface area contributed by atoms with E-state index in [-0.39, 0.29) is 41.7 Å². The maximum absolute atomic E-state index is 15.6. The Morgan fingerprint density at radius 1 is 1.26 bits per heavy atom. The number of piperidine rings is 1. The summed E-state index contributed by atoms with van der Waals surface area (Å²) in [5.74, 6) is 0.637. The second-order valence-corrected chi connectivity index (χ2v) is 10.1. The minimum Gasteiger partial charge on any atom is -0.348 e. The summed E-state index contributed by atoms with van der Waals surface area (Å²) in [6.45, 7) is 1.29. The molecule has 3 N–H and O–H groups in total. The van der Waals surface area contributed by atoms with E-state index in [1.54, 1.807) is 4.90 Å². The number of amides is 2. The Bertz CT molecular complexity index is 1270. The fourth-order valence-electron chi connectivity index (χ4n) is 5.37. The Labute approximate surface area is 220 Å². The van der Waals surface area contributed by atoms with Crippen molar-refractivity contribution in [2.45, 2.75) is 56.3 Å². The molecule has 11 heteroatoms. The van der Waals surface area contributed by atoms with E-state index in [2.05, 4.69) is 25.9 Å². The molecule has 0 spiro atoms. The summed E-state index contributed by atoms with van der Waals surface area (Å²) in [6, 6.07) is 4.12. The van der Waals surface area contributed by atoms with Gasteiger partial charge in [-0.3, -0.25) is 9.59 Å². The highest BCUT2D eigenvalue weighted by Gasteiger charge is 2.47. The second-order valence-electron chi connectivity index (χ2n) is 10.1. The number of benzene rings is 1. The average Bonchev–Trinajstić information content (AvgIpc) is 3.45. The summed E-state index contributed by atoms with van der Waals surface area (Å²) in [6.07, 6.45) is 12.3. The molecule has 1 aromatic carbocycles. The Balaban J connectivity index is 1.40. The van der Waals surface area contributed by atoms with Crippen LogP contribution in [0, 0.1) is 18.2 Å². The zero-order valence-electron chi connectivity index (χ0n) is 21.3. The van der Waals surface area contributed by atoms with Crippen LogP contribution in [0.4, 0.5) is 31.9 Å². The Kier molecular flexibility index (Phi) is 7.17. The van der Waals surface area contributed by atoms with E-state index in [0.717, 1.165) is 50.0 Å². The van der Waals surface area contributed by atoms with Gasteiger partial charge in [-0.25, -0.2) is 13.8 Å². The van der Waals surface area contributed by atoms with Crippen LogP contribution in [-0.4, -0.2) is 66.2 Å². The van der Waals surface area contributed by atoms with Gasteiger partial charge in [0.15, 0.2) is 5.82 Å². The Morgan fingerprint density at radius 3 is 2.74 bits per heavy atom. The molecule has 2 amide bonds. The normalized spacial score (nSPS) is 23.9. The van der Waals surface area contributed by atoms with Crippen LogP contribution in [0.3, 0.4) is 0 Å². The second kappa shape index (κ2) is 10.5. The molecular formula is C27H31F2N7O2. The summed E-state index contributed by atoms with van der Waals surface area (Å²) >= 11 is 0. The number of alkyl halides is 1. The lowest BCUT2D eigenvalue weighted by molar-refractivity contribution is -0.125. The maximum Gasteiger partial charge on any atom is 0.279 e. The van der Waals surface area contributed by atoms with Crippen LogP contribution in [0.15, 0.2) is 24.4 Å². The van der Waals surface area contributed by atoms with Crippen LogP contribution < -0.4 is 25.8 Å². The number of fused-ring (bicyclic) bond motifs is 1. The fourth-order valence-corrected chi connectivity index (χ4v) is 5.37. The van der Waals surface area contributed by atoms with Gasteiger partial charge in [0.25, 0.3) is 17.5 Å². The van der Waals surface area contributed by atoms with E-state index in [9.17, 15) is 9.59 Å². The molecule has 1 aliphatic carbocycles. The van der Waals surface area contributed by atoms with E-state index < -0.39 is 17.4 Å². The first-order valence-corrected chi connectivity index (χ1v) is 13.0. The zero-order chi connectivity index (χ0) is 26.9. The van der Waals surface area contributed by atoms with E-state index in [0.29, 0.717) is 18.1 Å². The highest BCUT2D eigenvalue weighted by Crippen LogP contribution is 2.39. The number of anilines is 4. The van der Waals surface area contributed by atoms with E-state index in [1.807, 2.05) is 5.92 Å². The molecule has 3 heterocycles. The van der Waals surface area contributed by atoms with Crippen molar-refractivity contribution < 1.29 is 18.4 Å². The molecule has 5 rings (SSSR count). The molecule has 1 saturated heterocycles. The predicted octanol–water partition coefficient (Wildman–Crippen LogP) is 2.91. The summed E-state index contributed by atoms with van der Waals surface area (Å²) in [7, 11) is 1.44. The highest BCUT2D eigenvalue weighted by molar-refractivity contribution is 6.05. The smallest absolute Gasteiger partial charge is 0.279 e. The Hall–Kier alpha value is -3.78. The summed E-state index contributed by atoms with van der Waals surface area (Å²) < 4.78 is 30.6. The number of aromatic nitrogens is 2. The van der Waals surface area contributed by atoms with Gasteiger partial charge in [-0.15, -0.1) is 6.42 Å². The van der Waals surface area contributed by atoms with Gasteiger partial charge in [0.2, 0.25) is 5.95 Å². The summed E-state index contributed by atoms with van der Waals surface area (Å²) in [4.78, 5) is 37.2. The third-order valence-electron chi connectivity index (χ3n) is 7.52. The van der Waals surface area contributed by atoms with Crippen molar-refractivity contribution >= 4 is 35.0 Å². The zero-order valence-corrected chi connectivity index (χ0v) is 21.3. The maximum atomic E-state index is 15.6. The van der Waals surface area contributed by atoms with Gasteiger partial charge < -0.3 is 25.8 Å². The minimum absolute atomic E-state index is 0.00967. The minimum atomic E-state index is -2.51. The van der Waals surface area contributed by atoms with Crippen LogP contribution in [0.2, 0.25) is 0 Å². The molecule has 9 nitrogen and oxygen atoms in total. The number of halogens is 2. The quantitative estimate of drug-likeness (QED) is 0.518. The van der Waals surface area contributed by atoms with Crippen molar-refractivity contribution in [2.24, 2.45) is 0 Å². The largest absolute Gasteiger partial charge is 0.348 e. The van der Waals surface area contributed by atoms with Crippen molar-refractivity contribution in [3.05, 3.63) is 35.8 Å². The van der Waals surface area contributed by atoms with Crippen molar-refractivity contribution in [3.8, 4) is 12.3 Å². The van der Waals surface area contributed by atoms with Crippen LogP contribution >= 0.6 is 0 Å². The van der Waals surface area contributed by atoms with Crippen LogP contribution in [0.25, 0.3) is 0 Å². The van der Waals surface area contributed by atoms with E-state index in [1.165, 1.54) is 31.4 Å². The van der Waals surface area contributed by atoms with Gasteiger partial charge >= 0.3 is 0 Å². The molecular weight excluding hydrogens is 492 g/mol. The summed E-state index contributed by atoms with van der Waals surface area (Å²) in [5, 5.41) is 9.02. The molecule has 3 aliphatic rings. The van der Waals surface area contributed by atoms with Crippen molar-refractivity contribution in [1.82, 2.24) is 20.6 Å². The van der Waals surface area contributed by atoms with Crippen molar-refractivity contribution in [3.63, 3.8) is 0 Å². The number of terminal acetylenes is 1. The molecule has 2 aromatic rings. The van der Waals surface area contributed by atoms with Gasteiger partial charge in [0, 0.05) is 31.2 Å². The van der Waals surface area contributed by atoms with Gasteiger partial charge in [-0.05, 0) is 50.4 Å². The lowest BCUT2D eigenvalue weighted by Crippen LogP contribution is -2.50. The van der Waals surface area contributed by atoms with Gasteiger partial charge in [-0.1, -0.05) is 18.8 Å². The first-order chi connectivity index (χ1) is 18.3. The molecule has 200 valence electrons. The van der Waals surface area contributed by atoms with E-state index >= 15 is 8.78 Å². The van der Waals surface area contributed by atoms with Crippen molar-refractivity contribution in [1.29, 1.82) is 0 Å².